The Morgan fingerprint density at radius 2 is 1.42 bits per heavy atom. The van der Waals surface area contributed by atoms with Crippen LogP contribution in [0, 0.1) is 0 Å². The first-order valence-electron chi connectivity index (χ1n) is 9.64. The Bertz CT molecular complexity index is 815. The Morgan fingerprint density at radius 1 is 0.848 bits per heavy atom. The maximum atomic E-state index is 12.2. The first-order valence-corrected chi connectivity index (χ1v) is 9.64. The summed E-state index contributed by atoms with van der Waals surface area (Å²) in [5.41, 5.74) is 0. The first-order chi connectivity index (χ1) is 15.3. The van der Waals surface area contributed by atoms with Crippen molar-refractivity contribution in [2.24, 2.45) is 0 Å². The minimum atomic E-state index is -1.58. The van der Waals surface area contributed by atoms with Gasteiger partial charge in [-0.05, 0) is 0 Å². The van der Waals surface area contributed by atoms with Crippen LogP contribution >= 0.6 is 0 Å². The highest BCUT2D eigenvalue weighted by Gasteiger charge is 2.50. The minimum absolute atomic E-state index is 0.455. The fourth-order valence-corrected chi connectivity index (χ4v) is 2.93. The maximum Gasteiger partial charge on any atom is 0.373 e. The molecule has 0 spiro atoms. The zero-order valence-corrected chi connectivity index (χ0v) is 19.0. The molecule has 1 heterocycles. The van der Waals surface area contributed by atoms with E-state index in [9.17, 15) is 28.8 Å². The van der Waals surface area contributed by atoms with Gasteiger partial charge in [-0.2, -0.15) is 0 Å². The molecule has 0 aliphatic carbocycles. The van der Waals surface area contributed by atoms with Crippen molar-refractivity contribution in [3.05, 3.63) is 11.8 Å². The number of methoxy groups -OCH3 is 1. The average molecular weight is 474 g/mol. The highest BCUT2D eigenvalue weighted by atomic mass is 16.6. The van der Waals surface area contributed by atoms with E-state index in [2.05, 4.69) is 4.74 Å². The van der Waals surface area contributed by atoms with E-state index in [1.807, 2.05) is 0 Å². The molecular formula is C20H26O13. The number of carbonyl (C=O) groups is 6. The maximum absolute atomic E-state index is 12.2. The van der Waals surface area contributed by atoms with Gasteiger partial charge in [0, 0.05) is 40.7 Å². The van der Waals surface area contributed by atoms with E-state index in [0.717, 1.165) is 47.8 Å². The molecular weight excluding hydrogens is 448 g/mol. The lowest BCUT2D eigenvalue weighted by atomic mass is 9.95. The summed E-state index contributed by atoms with van der Waals surface area (Å²) in [5, 5.41) is 0. The molecule has 0 aromatic rings. The molecule has 0 unspecified atom stereocenters. The van der Waals surface area contributed by atoms with Gasteiger partial charge in [0.15, 0.2) is 30.5 Å². The molecule has 1 rings (SSSR count). The predicted octanol–water partition coefficient (Wildman–Crippen LogP) is -0.268. The molecule has 1 aliphatic heterocycles. The Morgan fingerprint density at radius 3 is 1.88 bits per heavy atom. The Balaban J connectivity index is 3.58. The molecule has 33 heavy (non-hydrogen) atoms. The van der Waals surface area contributed by atoms with Crippen LogP contribution in [0.2, 0.25) is 0 Å². The molecule has 0 fully saturated rings. The predicted molar refractivity (Wildman–Crippen MR) is 104 cm³/mol. The summed E-state index contributed by atoms with van der Waals surface area (Å²) in [4.78, 5) is 70.4. The standard InChI is InChI=1S/C20H26O13/c1-9(21)28-8-16(30-11(3)23)18(32-13(5)25)19-17(31-12(4)24)14(29-10(2)22)7-15(33-19)20(26)27-6/h7,14,16-19H,8H2,1-6H3/t14-,16-,17+,18+,19+/m0/s1. The van der Waals surface area contributed by atoms with E-state index in [0.29, 0.717) is 0 Å². The monoisotopic (exact) mass is 474 g/mol. The molecule has 0 aromatic heterocycles. The highest BCUT2D eigenvalue weighted by Crippen LogP contribution is 2.30. The summed E-state index contributed by atoms with van der Waals surface area (Å²) >= 11 is 0. The number of esters is 6. The van der Waals surface area contributed by atoms with E-state index in [1.165, 1.54) is 0 Å². The van der Waals surface area contributed by atoms with Crippen LogP contribution in [0.4, 0.5) is 0 Å². The van der Waals surface area contributed by atoms with Crippen LogP contribution in [0.15, 0.2) is 11.8 Å². The summed E-state index contributed by atoms with van der Waals surface area (Å²) in [7, 11) is 1.06. The van der Waals surface area contributed by atoms with Crippen LogP contribution in [0.3, 0.4) is 0 Å². The second-order valence-corrected chi connectivity index (χ2v) is 6.78. The third-order valence-corrected chi connectivity index (χ3v) is 3.98. The van der Waals surface area contributed by atoms with Crippen molar-refractivity contribution in [1.82, 2.24) is 0 Å². The van der Waals surface area contributed by atoms with Crippen LogP contribution in [0.1, 0.15) is 34.6 Å². The molecule has 0 saturated heterocycles. The summed E-state index contributed by atoms with van der Waals surface area (Å²) in [6.07, 6.45) is -6.37. The van der Waals surface area contributed by atoms with Crippen LogP contribution < -0.4 is 0 Å². The van der Waals surface area contributed by atoms with E-state index < -0.39 is 78.7 Å². The van der Waals surface area contributed by atoms with Crippen molar-refractivity contribution in [1.29, 1.82) is 0 Å². The van der Waals surface area contributed by atoms with Gasteiger partial charge in [-0.25, -0.2) is 4.79 Å². The van der Waals surface area contributed by atoms with E-state index in [4.69, 9.17) is 28.4 Å². The number of hydrogen-bond acceptors (Lipinski definition) is 13. The smallest absolute Gasteiger partial charge is 0.373 e. The van der Waals surface area contributed by atoms with Crippen LogP contribution in [-0.4, -0.2) is 80.1 Å². The SMILES string of the molecule is COC(=O)C1=C[C@H](OC(C)=O)[C@@H](OC(C)=O)[C@H]([C@H](OC(C)=O)[C@H](COC(C)=O)OC(C)=O)O1. The van der Waals surface area contributed by atoms with Gasteiger partial charge in [0.2, 0.25) is 5.76 Å². The molecule has 0 amide bonds. The molecule has 0 radical (unpaired) electrons. The topological polar surface area (TPSA) is 167 Å². The van der Waals surface area contributed by atoms with Gasteiger partial charge < -0.3 is 33.2 Å². The van der Waals surface area contributed by atoms with E-state index in [1.54, 1.807) is 0 Å². The first kappa shape index (κ1) is 27.4. The van der Waals surface area contributed by atoms with Crippen molar-refractivity contribution in [2.75, 3.05) is 13.7 Å². The van der Waals surface area contributed by atoms with Gasteiger partial charge in [0.1, 0.15) is 6.61 Å². The lowest BCUT2D eigenvalue weighted by Crippen LogP contribution is -2.57. The fourth-order valence-electron chi connectivity index (χ4n) is 2.93. The number of ether oxygens (including phenoxy) is 7. The van der Waals surface area contributed by atoms with Crippen molar-refractivity contribution >= 4 is 35.8 Å². The molecule has 5 atom stereocenters. The molecule has 0 aromatic carbocycles. The number of rotatable bonds is 9. The zero-order chi connectivity index (χ0) is 25.3. The quantitative estimate of drug-likeness (QED) is 0.317. The highest BCUT2D eigenvalue weighted by molar-refractivity contribution is 5.86. The van der Waals surface area contributed by atoms with Gasteiger partial charge in [-0.1, -0.05) is 0 Å². The summed E-state index contributed by atoms with van der Waals surface area (Å²) in [5.74, 6) is -5.49. The second kappa shape index (κ2) is 12.4. The minimum Gasteiger partial charge on any atom is -0.475 e. The molecule has 0 saturated carbocycles. The second-order valence-electron chi connectivity index (χ2n) is 6.78. The van der Waals surface area contributed by atoms with Crippen LogP contribution in [-0.2, 0) is 61.9 Å². The van der Waals surface area contributed by atoms with Gasteiger partial charge >= 0.3 is 35.8 Å². The third-order valence-electron chi connectivity index (χ3n) is 3.98. The third kappa shape index (κ3) is 8.79. The van der Waals surface area contributed by atoms with Crippen LogP contribution in [0.5, 0.6) is 0 Å². The summed E-state index contributed by atoms with van der Waals surface area (Å²) < 4.78 is 36.0. The summed E-state index contributed by atoms with van der Waals surface area (Å²) in [6.45, 7) is 4.75. The summed E-state index contributed by atoms with van der Waals surface area (Å²) in [6, 6.07) is 0. The Labute approximate surface area is 189 Å². The average Bonchev–Trinajstić information content (AvgIpc) is 2.68. The van der Waals surface area contributed by atoms with Gasteiger partial charge in [0.25, 0.3) is 0 Å². The lowest BCUT2D eigenvalue weighted by Gasteiger charge is -2.40. The lowest BCUT2D eigenvalue weighted by molar-refractivity contribution is -0.209. The zero-order valence-electron chi connectivity index (χ0n) is 19.0. The molecule has 184 valence electrons. The number of hydrogen-bond donors (Lipinski definition) is 0. The van der Waals surface area contributed by atoms with Crippen molar-refractivity contribution < 1.29 is 61.9 Å². The molecule has 1 aliphatic rings. The Hall–Kier alpha value is -3.64. The normalized spacial score (nSPS) is 21.2. The van der Waals surface area contributed by atoms with Gasteiger partial charge in [0.05, 0.1) is 7.11 Å². The number of carbonyl (C=O) groups excluding carboxylic acids is 6. The molecule has 0 N–H and O–H groups in total. The van der Waals surface area contributed by atoms with Gasteiger partial charge in [-0.3, -0.25) is 24.0 Å². The van der Waals surface area contributed by atoms with Gasteiger partial charge in [-0.15, -0.1) is 0 Å². The molecule has 13 heteroatoms. The van der Waals surface area contributed by atoms with E-state index in [-0.39, 0.29) is 0 Å². The molecule has 0 bridgehead atoms. The van der Waals surface area contributed by atoms with Crippen LogP contribution in [0.25, 0.3) is 0 Å². The largest absolute Gasteiger partial charge is 0.475 e. The Kier molecular flexibility index (Phi) is 10.3. The van der Waals surface area contributed by atoms with E-state index >= 15 is 0 Å². The van der Waals surface area contributed by atoms with Crippen molar-refractivity contribution in [3.63, 3.8) is 0 Å². The van der Waals surface area contributed by atoms with Crippen molar-refractivity contribution in [3.8, 4) is 0 Å². The van der Waals surface area contributed by atoms with Crippen molar-refractivity contribution in [2.45, 2.75) is 65.1 Å². The fraction of sp³-hybridized carbons (Fsp3) is 0.600. The molecule has 13 nitrogen and oxygen atoms in total.